The first-order valence-corrected chi connectivity index (χ1v) is 4.98. The number of halogens is 1. The molecule has 2 rings (SSSR count). The molecule has 17 heavy (non-hydrogen) atoms. The number of ketones is 1. The number of rotatable bonds is 3. The zero-order chi connectivity index (χ0) is 12.4. The number of hydrogen-bond acceptors (Lipinski definition) is 3. The number of benzene rings is 1. The smallest absolute Gasteiger partial charge is 0.213 e. The van der Waals surface area contributed by atoms with Crippen LogP contribution in [0.2, 0.25) is 0 Å². The van der Waals surface area contributed by atoms with Crippen LogP contribution < -0.4 is 4.74 Å². The molecule has 0 fully saturated rings. The molecule has 0 aliphatic carbocycles. The van der Waals surface area contributed by atoms with E-state index in [1.165, 1.54) is 31.8 Å². The maximum absolute atomic E-state index is 13.7. The van der Waals surface area contributed by atoms with E-state index in [1.54, 1.807) is 17.7 Å². The Balaban J connectivity index is 2.41. The molecule has 0 amide bonds. The molecule has 0 unspecified atom stereocenters. The van der Waals surface area contributed by atoms with Gasteiger partial charge in [-0.25, -0.2) is 9.37 Å². The van der Waals surface area contributed by atoms with Gasteiger partial charge in [-0.2, -0.15) is 0 Å². The first kappa shape index (κ1) is 11.3. The number of carbonyl (C=O) groups is 1. The predicted molar refractivity (Wildman–Crippen MR) is 59.6 cm³/mol. The molecule has 1 aromatic carbocycles. The Hall–Kier alpha value is -2.17. The minimum atomic E-state index is -0.601. The third-order valence-electron chi connectivity index (χ3n) is 2.47. The van der Waals surface area contributed by atoms with Crippen molar-refractivity contribution in [3.05, 3.63) is 47.8 Å². The van der Waals surface area contributed by atoms with E-state index in [1.807, 2.05) is 0 Å². The van der Waals surface area contributed by atoms with Crippen LogP contribution in [-0.4, -0.2) is 22.4 Å². The van der Waals surface area contributed by atoms with Crippen molar-refractivity contribution >= 4 is 5.78 Å². The third kappa shape index (κ3) is 2.04. The van der Waals surface area contributed by atoms with E-state index in [2.05, 4.69) is 4.98 Å². The lowest BCUT2D eigenvalue weighted by atomic mass is 10.1. The van der Waals surface area contributed by atoms with E-state index in [0.29, 0.717) is 11.4 Å². The normalized spacial score (nSPS) is 10.3. The summed E-state index contributed by atoms with van der Waals surface area (Å²) in [6.45, 7) is 0. The quantitative estimate of drug-likeness (QED) is 0.760. The van der Waals surface area contributed by atoms with E-state index in [9.17, 15) is 9.18 Å². The Morgan fingerprint density at radius 1 is 1.47 bits per heavy atom. The predicted octanol–water partition coefficient (Wildman–Crippen LogP) is 1.80. The standard InChI is InChI=1S/C12H11FN2O2/c1-15-7-14-6-11(15)12(16)9-4-3-8(17-2)5-10(9)13/h3-7H,1-2H3. The second-order valence-electron chi connectivity index (χ2n) is 3.56. The SMILES string of the molecule is COc1ccc(C(=O)c2cncn2C)c(F)c1. The Kier molecular flexibility index (Phi) is 2.91. The number of aryl methyl sites for hydroxylation is 1. The Labute approximate surface area is 97.7 Å². The Morgan fingerprint density at radius 3 is 2.76 bits per heavy atom. The Morgan fingerprint density at radius 2 is 2.24 bits per heavy atom. The molecular weight excluding hydrogens is 223 g/mol. The van der Waals surface area contributed by atoms with Crippen LogP contribution in [0.5, 0.6) is 5.75 Å². The summed E-state index contributed by atoms with van der Waals surface area (Å²) < 4.78 is 20.1. The van der Waals surface area contributed by atoms with Crippen molar-refractivity contribution in [3.63, 3.8) is 0 Å². The zero-order valence-corrected chi connectivity index (χ0v) is 9.48. The van der Waals surface area contributed by atoms with Crippen molar-refractivity contribution in [3.8, 4) is 5.75 Å². The minimum Gasteiger partial charge on any atom is -0.497 e. The molecule has 0 radical (unpaired) electrons. The monoisotopic (exact) mass is 234 g/mol. The molecule has 0 aliphatic rings. The van der Waals surface area contributed by atoms with Gasteiger partial charge in [-0.3, -0.25) is 4.79 Å². The second-order valence-corrected chi connectivity index (χ2v) is 3.56. The van der Waals surface area contributed by atoms with Crippen molar-refractivity contribution < 1.29 is 13.9 Å². The summed E-state index contributed by atoms with van der Waals surface area (Å²) in [6, 6.07) is 4.14. The van der Waals surface area contributed by atoms with Gasteiger partial charge in [0.1, 0.15) is 17.3 Å². The average Bonchev–Trinajstić information content (AvgIpc) is 2.74. The molecule has 4 nitrogen and oxygen atoms in total. The highest BCUT2D eigenvalue weighted by Gasteiger charge is 2.17. The molecule has 0 bridgehead atoms. The van der Waals surface area contributed by atoms with Gasteiger partial charge in [-0.15, -0.1) is 0 Å². The first-order valence-electron chi connectivity index (χ1n) is 4.98. The van der Waals surface area contributed by atoms with Gasteiger partial charge in [-0.1, -0.05) is 0 Å². The topological polar surface area (TPSA) is 44.1 Å². The highest BCUT2D eigenvalue weighted by atomic mass is 19.1. The summed E-state index contributed by atoms with van der Waals surface area (Å²) in [5.74, 6) is -0.621. The number of hydrogen-bond donors (Lipinski definition) is 0. The molecule has 0 aliphatic heterocycles. The second kappa shape index (κ2) is 4.37. The van der Waals surface area contributed by atoms with Crippen LogP contribution in [0.15, 0.2) is 30.7 Å². The molecule has 5 heteroatoms. The maximum atomic E-state index is 13.7. The van der Waals surface area contributed by atoms with Crippen molar-refractivity contribution in [1.29, 1.82) is 0 Å². The van der Waals surface area contributed by atoms with Crippen LogP contribution in [-0.2, 0) is 7.05 Å². The number of nitrogens with zero attached hydrogens (tertiary/aromatic N) is 2. The van der Waals surface area contributed by atoms with Crippen LogP contribution >= 0.6 is 0 Å². The largest absolute Gasteiger partial charge is 0.497 e. The third-order valence-corrected chi connectivity index (χ3v) is 2.47. The maximum Gasteiger partial charge on any atom is 0.213 e. The van der Waals surface area contributed by atoms with Gasteiger partial charge in [0.2, 0.25) is 5.78 Å². The molecule has 0 saturated carbocycles. The fourth-order valence-electron chi connectivity index (χ4n) is 1.52. The van der Waals surface area contributed by atoms with Crippen molar-refractivity contribution in [2.45, 2.75) is 0 Å². The fourth-order valence-corrected chi connectivity index (χ4v) is 1.52. The summed E-state index contributed by atoms with van der Waals surface area (Å²) in [5.41, 5.74) is 0.350. The lowest BCUT2D eigenvalue weighted by Crippen LogP contribution is -2.08. The molecule has 88 valence electrons. The number of imidazole rings is 1. The first-order chi connectivity index (χ1) is 8.13. The van der Waals surface area contributed by atoms with Crippen molar-refractivity contribution in [2.24, 2.45) is 7.05 Å². The van der Waals surface area contributed by atoms with Gasteiger partial charge in [0.15, 0.2) is 0 Å². The van der Waals surface area contributed by atoms with Crippen LogP contribution in [0.4, 0.5) is 4.39 Å². The van der Waals surface area contributed by atoms with Gasteiger partial charge >= 0.3 is 0 Å². The molecule has 1 aromatic heterocycles. The zero-order valence-electron chi connectivity index (χ0n) is 9.48. The molecule has 0 N–H and O–H groups in total. The van der Waals surface area contributed by atoms with Crippen molar-refractivity contribution in [2.75, 3.05) is 7.11 Å². The van der Waals surface area contributed by atoms with Gasteiger partial charge in [0, 0.05) is 13.1 Å². The average molecular weight is 234 g/mol. The molecule has 1 heterocycles. The van der Waals surface area contributed by atoms with Crippen LogP contribution in [0.25, 0.3) is 0 Å². The summed E-state index contributed by atoms with van der Waals surface area (Å²) >= 11 is 0. The number of ether oxygens (including phenoxy) is 1. The summed E-state index contributed by atoms with van der Waals surface area (Å²) in [4.78, 5) is 15.8. The molecule has 0 spiro atoms. The van der Waals surface area contributed by atoms with Crippen LogP contribution in [0.1, 0.15) is 16.1 Å². The molecular formula is C12H11FN2O2. The van der Waals surface area contributed by atoms with E-state index < -0.39 is 11.6 Å². The fraction of sp³-hybridized carbons (Fsp3) is 0.167. The van der Waals surface area contributed by atoms with Crippen LogP contribution in [0.3, 0.4) is 0 Å². The van der Waals surface area contributed by atoms with Crippen LogP contribution in [0, 0.1) is 5.82 Å². The molecule has 0 atom stereocenters. The molecule has 0 saturated heterocycles. The minimum absolute atomic E-state index is 0.00870. The van der Waals surface area contributed by atoms with E-state index in [0.717, 1.165) is 0 Å². The van der Waals surface area contributed by atoms with Gasteiger partial charge < -0.3 is 9.30 Å². The van der Waals surface area contributed by atoms with Crippen molar-refractivity contribution in [1.82, 2.24) is 9.55 Å². The van der Waals surface area contributed by atoms with E-state index in [-0.39, 0.29) is 5.56 Å². The highest BCUT2D eigenvalue weighted by molar-refractivity contribution is 6.08. The summed E-state index contributed by atoms with van der Waals surface area (Å²) in [5, 5.41) is 0. The summed E-state index contributed by atoms with van der Waals surface area (Å²) in [6.07, 6.45) is 2.90. The summed E-state index contributed by atoms with van der Waals surface area (Å²) in [7, 11) is 3.12. The number of carbonyl (C=O) groups excluding carboxylic acids is 1. The van der Waals surface area contributed by atoms with E-state index in [4.69, 9.17) is 4.74 Å². The molecule has 2 aromatic rings. The lowest BCUT2D eigenvalue weighted by Gasteiger charge is -2.05. The van der Waals surface area contributed by atoms with Gasteiger partial charge in [0.25, 0.3) is 0 Å². The lowest BCUT2D eigenvalue weighted by molar-refractivity contribution is 0.102. The highest BCUT2D eigenvalue weighted by Crippen LogP contribution is 2.18. The van der Waals surface area contributed by atoms with E-state index >= 15 is 0 Å². The van der Waals surface area contributed by atoms with Gasteiger partial charge in [0.05, 0.1) is 25.2 Å². The number of methoxy groups -OCH3 is 1. The number of aromatic nitrogens is 2. The van der Waals surface area contributed by atoms with Gasteiger partial charge in [-0.05, 0) is 12.1 Å². The Bertz CT molecular complexity index is 563.